The van der Waals surface area contributed by atoms with E-state index in [-0.39, 0.29) is 6.71 Å². The number of thioether (sulfide) groups is 1. The van der Waals surface area contributed by atoms with E-state index in [2.05, 4.69) is 52.4 Å². The molecule has 4 heterocycles. The van der Waals surface area contributed by atoms with E-state index in [0.717, 1.165) is 36.0 Å². The zero-order chi connectivity index (χ0) is 19.3. The lowest BCUT2D eigenvalue weighted by Gasteiger charge is -2.21. The predicted molar refractivity (Wildman–Crippen MR) is 118 cm³/mol. The molecule has 0 unspecified atom stereocenters. The van der Waals surface area contributed by atoms with Gasteiger partial charge in [0.25, 0.3) is 6.71 Å². The number of benzene rings is 1. The molecule has 1 aliphatic heterocycles. The maximum Gasteiger partial charge on any atom is 0.267 e. The highest BCUT2D eigenvalue weighted by molar-refractivity contribution is 7.98. The van der Waals surface area contributed by atoms with E-state index in [9.17, 15) is 0 Å². The second-order valence-corrected chi connectivity index (χ2v) is 9.40. The number of nitrogens with zero attached hydrogens (tertiary/aromatic N) is 5. The van der Waals surface area contributed by atoms with Gasteiger partial charge in [-0.25, -0.2) is 10.2 Å². The van der Waals surface area contributed by atoms with Gasteiger partial charge in [0, 0.05) is 47.8 Å². The number of aromatic nitrogens is 4. The number of hydrogen-bond acceptors (Lipinski definition) is 5. The molecule has 0 aliphatic carbocycles. The minimum Gasteiger partial charge on any atom is -0.297 e. The molecule has 1 saturated heterocycles. The van der Waals surface area contributed by atoms with Gasteiger partial charge in [-0.3, -0.25) is 9.08 Å². The molecule has 8 heteroatoms. The molecule has 0 radical (unpaired) electrons. The van der Waals surface area contributed by atoms with Crippen molar-refractivity contribution < 1.29 is 0 Å². The number of nitriles is 1. The van der Waals surface area contributed by atoms with Gasteiger partial charge >= 0.3 is 0 Å². The summed E-state index contributed by atoms with van der Waals surface area (Å²) >= 11 is 3.47. The Balaban J connectivity index is 1.47. The number of imidazole rings is 1. The van der Waals surface area contributed by atoms with Crippen LogP contribution in [0, 0.1) is 11.2 Å². The van der Waals surface area contributed by atoms with E-state index in [0.29, 0.717) is 5.92 Å². The average molecular weight is 405 g/mol. The van der Waals surface area contributed by atoms with Crippen LogP contribution in [0.2, 0.25) is 12.6 Å². The molecule has 0 bridgehead atoms. The van der Waals surface area contributed by atoms with Crippen LogP contribution < -0.4 is 0 Å². The Hall–Kier alpha value is -2.24. The molecular weight excluding hydrogens is 385 g/mol. The molecule has 5 rings (SSSR count). The SMILES string of the molecule is CSc1cc(-c2cn3cc(C4CCB(C#N)CC4)nc3s2)cc2cn(C)nc12. The van der Waals surface area contributed by atoms with Crippen LogP contribution in [0.5, 0.6) is 0 Å². The summed E-state index contributed by atoms with van der Waals surface area (Å²) in [7, 11) is 1.97. The van der Waals surface area contributed by atoms with Crippen LogP contribution in [0.25, 0.3) is 26.3 Å². The first kappa shape index (κ1) is 17.8. The molecule has 4 aromatic rings. The fourth-order valence-electron chi connectivity index (χ4n) is 4.18. The third-order valence-corrected chi connectivity index (χ3v) is 7.49. The highest BCUT2D eigenvalue weighted by Crippen LogP contribution is 2.37. The summed E-state index contributed by atoms with van der Waals surface area (Å²) in [5.41, 5.74) is 3.47. The second-order valence-electron chi connectivity index (χ2n) is 7.55. The van der Waals surface area contributed by atoms with Gasteiger partial charge < -0.3 is 0 Å². The molecule has 0 atom stereocenters. The van der Waals surface area contributed by atoms with Crippen molar-refractivity contribution in [3.63, 3.8) is 0 Å². The minimum atomic E-state index is 0.236. The number of hydrogen-bond donors (Lipinski definition) is 0. The highest BCUT2D eigenvalue weighted by atomic mass is 32.2. The Morgan fingerprint density at radius 3 is 2.79 bits per heavy atom. The van der Waals surface area contributed by atoms with Crippen molar-refractivity contribution in [3.05, 3.63) is 36.4 Å². The molecule has 140 valence electrons. The molecule has 0 amide bonds. The Kier molecular flexibility index (Phi) is 4.45. The molecule has 0 N–H and O–H groups in total. The molecule has 28 heavy (non-hydrogen) atoms. The topological polar surface area (TPSA) is 58.9 Å². The van der Waals surface area contributed by atoms with Gasteiger partial charge in [0.1, 0.15) is 5.52 Å². The third kappa shape index (κ3) is 3.03. The maximum atomic E-state index is 9.10. The average Bonchev–Trinajstić information content (AvgIpc) is 3.39. The summed E-state index contributed by atoms with van der Waals surface area (Å²) in [4.78, 5) is 8.39. The molecule has 0 saturated carbocycles. The van der Waals surface area contributed by atoms with Gasteiger partial charge in [-0.1, -0.05) is 36.8 Å². The van der Waals surface area contributed by atoms with Crippen molar-refractivity contribution in [2.45, 2.75) is 36.3 Å². The summed E-state index contributed by atoms with van der Waals surface area (Å²) in [5, 5.41) is 14.9. The highest BCUT2D eigenvalue weighted by Gasteiger charge is 2.27. The van der Waals surface area contributed by atoms with Crippen LogP contribution in [0.1, 0.15) is 24.5 Å². The first-order valence-electron chi connectivity index (χ1n) is 9.54. The Morgan fingerprint density at radius 2 is 2.07 bits per heavy atom. The number of rotatable bonds is 3. The fourth-order valence-corrected chi connectivity index (χ4v) is 5.74. The minimum absolute atomic E-state index is 0.236. The Bertz CT molecular complexity index is 1180. The van der Waals surface area contributed by atoms with Crippen molar-refractivity contribution in [1.29, 1.82) is 5.26 Å². The Labute approximate surface area is 172 Å². The van der Waals surface area contributed by atoms with Crippen LogP contribution >= 0.6 is 23.1 Å². The van der Waals surface area contributed by atoms with Crippen molar-refractivity contribution in [3.8, 4) is 16.4 Å². The lowest BCUT2D eigenvalue weighted by Crippen LogP contribution is -2.18. The summed E-state index contributed by atoms with van der Waals surface area (Å²) < 4.78 is 4.04. The maximum absolute atomic E-state index is 9.10. The van der Waals surface area contributed by atoms with E-state index in [1.165, 1.54) is 26.4 Å². The largest absolute Gasteiger partial charge is 0.297 e. The van der Waals surface area contributed by atoms with Crippen molar-refractivity contribution >= 4 is 45.7 Å². The zero-order valence-electron chi connectivity index (χ0n) is 15.9. The van der Waals surface area contributed by atoms with Crippen molar-refractivity contribution in [2.75, 3.05) is 6.26 Å². The Morgan fingerprint density at radius 1 is 1.25 bits per heavy atom. The number of thiazole rings is 1. The first-order valence-corrected chi connectivity index (χ1v) is 11.6. The summed E-state index contributed by atoms with van der Waals surface area (Å²) in [5.74, 6) is 2.91. The quantitative estimate of drug-likeness (QED) is 0.351. The number of fused-ring (bicyclic) bond motifs is 2. The van der Waals surface area contributed by atoms with Crippen LogP contribution in [0.15, 0.2) is 35.6 Å². The summed E-state index contributed by atoms with van der Waals surface area (Å²) in [6.07, 6.45) is 12.7. The molecule has 3 aromatic heterocycles. The summed E-state index contributed by atoms with van der Waals surface area (Å²) in [6, 6.07) is 4.45. The van der Waals surface area contributed by atoms with E-state index in [4.69, 9.17) is 10.2 Å². The van der Waals surface area contributed by atoms with Gasteiger partial charge in [-0.15, -0.1) is 11.8 Å². The summed E-state index contributed by atoms with van der Waals surface area (Å²) in [6.45, 7) is 0.236. The van der Waals surface area contributed by atoms with E-state index < -0.39 is 0 Å². The van der Waals surface area contributed by atoms with Gasteiger partial charge in [-0.2, -0.15) is 5.10 Å². The van der Waals surface area contributed by atoms with Gasteiger partial charge in [0.05, 0.1) is 10.6 Å². The van der Waals surface area contributed by atoms with E-state index in [1.807, 2.05) is 11.7 Å². The lowest BCUT2D eigenvalue weighted by atomic mass is 9.41. The second kappa shape index (κ2) is 6.98. The third-order valence-electron chi connectivity index (χ3n) is 5.70. The monoisotopic (exact) mass is 405 g/mol. The standard InChI is InChI=1S/C20H20BN5S2/c1-25-9-15-7-14(8-17(27-2)19(15)24-25)18-11-26-10-16(23-20(26)28-18)13-3-5-21(12-22)6-4-13/h7-11,13H,3-6H2,1-2H3. The normalized spacial score (nSPS) is 15.5. The van der Waals surface area contributed by atoms with Gasteiger partial charge in [0.15, 0.2) is 4.96 Å². The molecule has 5 nitrogen and oxygen atoms in total. The smallest absolute Gasteiger partial charge is 0.267 e. The molecule has 1 aliphatic rings. The van der Waals surface area contributed by atoms with E-state index in [1.54, 1.807) is 23.1 Å². The first-order chi connectivity index (χ1) is 13.6. The van der Waals surface area contributed by atoms with Crippen LogP contribution in [0.4, 0.5) is 0 Å². The number of aryl methyl sites for hydroxylation is 1. The van der Waals surface area contributed by atoms with E-state index >= 15 is 0 Å². The zero-order valence-corrected chi connectivity index (χ0v) is 17.6. The van der Waals surface area contributed by atoms with Crippen LogP contribution in [-0.4, -0.2) is 32.1 Å². The fraction of sp³-hybridized carbons (Fsp3) is 0.350. The van der Waals surface area contributed by atoms with Gasteiger partial charge in [-0.05, 0) is 24.0 Å². The van der Waals surface area contributed by atoms with Gasteiger partial charge in [0.2, 0.25) is 0 Å². The van der Waals surface area contributed by atoms with Crippen LogP contribution in [0.3, 0.4) is 0 Å². The molecule has 0 spiro atoms. The molecular formula is C20H20BN5S2. The van der Waals surface area contributed by atoms with Crippen molar-refractivity contribution in [1.82, 2.24) is 19.2 Å². The predicted octanol–water partition coefficient (Wildman–Crippen LogP) is 5.11. The molecule has 1 fully saturated rings. The van der Waals surface area contributed by atoms with Crippen LogP contribution in [-0.2, 0) is 7.05 Å². The molecule has 1 aromatic carbocycles. The van der Waals surface area contributed by atoms with Crippen molar-refractivity contribution in [2.24, 2.45) is 7.05 Å². The lowest BCUT2D eigenvalue weighted by molar-refractivity contribution is 0.598.